The van der Waals surface area contributed by atoms with Crippen LogP contribution in [0.5, 0.6) is 0 Å². The van der Waals surface area contributed by atoms with Crippen molar-refractivity contribution in [2.45, 2.75) is 32.1 Å². The normalized spacial score (nSPS) is 14.0. The Morgan fingerprint density at radius 1 is 1.17 bits per heavy atom. The summed E-state index contributed by atoms with van der Waals surface area (Å²) in [5.74, 6) is -0.477. The molecule has 124 valence electrons. The summed E-state index contributed by atoms with van der Waals surface area (Å²) in [5, 5.41) is 5.96. The van der Waals surface area contributed by atoms with Crippen LogP contribution in [0.4, 0.5) is 5.69 Å². The smallest absolute Gasteiger partial charge is 0.337 e. The van der Waals surface area contributed by atoms with Gasteiger partial charge in [-0.3, -0.25) is 4.79 Å². The van der Waals surface area contributed by atoms with E-state index in [0.717, 1.165) is 13.0 Å². The van der Waals surface area contributed by atoms with Crippen LogP contribution in [0.15, 0.2) is 35.9 Å². The summed E-state index contributed by atoms with van der Waals surface area (Å²) in [6.45, 7) is 1.10. The molecule has 0 atom stereocenters. The van der Waals surface area contributed by atoms with Crippen molar-refractivity contribution >= 4 is 17.6 Å². The lowest BCUT2D eigenvalue weighted by atomic mass is 9.97. The summed E-state index contributed by atoms with van der Waals surface area (Å²) in [4.78, 5) is 23.2. The first kappa shape index (κ1) is 17.2. The van der Waals surface area contributed by atoms with E-state index in [-0.39, 0.29) is 18.4 Å². The minimum atomic E-state index is -0.387. The topological polar surface area (TPSA) is 67.4 Å². The van der Waals surface area contributed by atoms with E-state index in [2.05, 4.69) is 21.4 Å². The lowest BCUT2D eigenvalue weighted by Gasteiger charge is -2.13. The molecular weight excluding hydrogens is 292 g/mol. The Bertz CT molecular complexity index is 564. The molecule has 2 rings (SSSR count). The SMILES string of the molecule is COC(=O)c1ccc(NC(=O)CNCCC2=CCCCC2)cc1. The lowest BCUT2D eigenvalue weighted by molar-refractivity contribution is -0.115. The van der Waals surface area contributed by atoms with Crippen molar-refractivity contribution in [3.8, 4) is 0 Å². The highest BCUT2D eigenvalue weighted by Gasteiger charge is 2.07. The van der Waals surface area contributed by atoms with Crippen LogP contribution >= 0.6 is 0 Å². The van der Waals surface area contributed by atoms with E-state index in [4.69, 9.17) is 0 Å². The number of benzene rings is 1. The Kier molecular flexibility index (Phi) is 6.81. The third-order valence-corrected chi connectivity index (χ3v) is 3.88. The second-order valence-corrected chi connectivity index (χ2v) is 5.65. The van der Waals surface area contributed by atoms with Crippen LogP contribution in [-0.4, -0.2) is 32.1 Å². The number of allylic oxidation sites excluding steroid dienone is 1. The van der Waals surface area contributed by atoms with Crippen LogP contribution in [0, 0.1) is 0 Å². The van der Waals surface area contributed by atoms with Crippen LogP contribution in [0.2, 0.25) is 0 Å². The van der Waals surface area contributed by atoms with Crippen LogP contribution in [0.3, 0.4) is 0 Å². The number of carbonyl (C=O) groups is 2. The summed E-state index contributed by atoms with van der Waals surface area (Å²) in [7, 11) is 1.34. The molecule has 1 aliphatic rings. The number of carbonyl (C=O) groups excluding carboxylic acids is 2. The zero-order chi connectivity index (χ0) is 16.5. The zero-order valence-corrected chi connectivity index (χ0v) is 13.6. The van der Waals surface area contributed by atoms with Gasteiger partial charge in [0.25, 0.3) is 0 Å². The first-order valence-electron chi connectivity index (χ1n) is 8.06. The van der Waals surface area contributed by atoms with E-state index in [1.165, 1.54) is 38.4 Å². The van der Waals surface area contributed by atoms with E-state index < -0.39 is 0 Å². The van der Waals surface area contributed by atoms with Gasteiger partial charge < -0.3 is 15.4 Å². The molecule has 1 amide bonds. The van der Waals surface area contributed by atoms with Gasteiger partial charge in [-0.2, -0.15) is 0 Å². The molecule has 1 aromatic carbocycles. The quantitative estimate of drug-likeness (QED) is 0.461. The number of esters is 1. The van der Waals surface area contributed by atoms with E-state index in [1.54, 1.807) is 24.3 Å². The highest BCUT2D eigenvalue weighted by molar-refractivity contribution is 5.93. The molecule has 1 aromatic rings. The lowest BCUT2D eigenvalue weighted by Crippen LogP contribution is -2.29. The van der Waals surface area contributed by atoms with E-state index in [0.29, 0.717) is 11.3 Å². The second-order valence-electron chi connectivity index (χ2n) is 5.65. The highest BCUT2D eigenvalue weighted by atomic mass is 16.5. The number of hydrogen-bond acceptors (Lipinski definition) is 4. The molecule has 0 radical (unpaired) electrons. The fraction of sp³-hybridized carbons (Fsp3) is 0.444. The molecule has 1 aliphatic carbocycles. The van der Waals surface area contributed by atoms with Crippen LogP contribution in [0.25, 0.3) is 0 Å². The standard InChI is InChI=1S/C18H24N2O3/c1-23-18(22)15-7-9-16(10-8-15)20-17(21)13-19-12-11-14-5-3-2-4-6-14/h5,7-10,19H,2-4,6,11-13H2,1H3,(H,20,21). The number of rotatable bonds is 7. The summed E-state index contributed by atoms with van der Waals surface area (Å²) in [6, 6.07) is 6.64. The molecule has 0 aliphatic heterocycles. The van der Waals surface area contributed by atoms with Crippen molar-refractivity contribution in [3.63, 3.8) is 0 Å². The van der Waals surface area contributed by atoms with Gasteiger partial charge in [0.05, 0.1) is 19.2 Å². The van der Waals surface area contributed by atoms with Gasteiger partial charge in [-0.05, 0) is 62.9 Å². The zero-order valence-electron chi connectivity index (χ0n) is 13.6. The van der Waals surface area contributed by atoms with Gasteiger partial charge in [-0.25, -0.2) is 4.79 Å². The summed E-state index contributed by atoms with van der Waals surface area (Å²) < 4.78 is 4.63. The van der Waals surface area contributed by atoms with Gasteiger partial charge in [0, 0.05) is 5.69 Å². The molecule has 0 bridgehead atoms. The maximum atomic E-state index is 11.9. The second kappa shape index (κ2) is 9.10. The number of methoxy groups -OCH3 is 1. The minimum Gasteiger partial charge on any atom is -0.465 e. The van der Waals surface area contributed by atoms with Crippen LogP contribution < -0.4 is 10.6 Å². The third kappa shape index (κ3) is 5.87. The van der Waals surface area contributed by atoms with E-state index in [9.17, 15) is 9.59 Å². The van der Waals surface area contributed by atoms with E-state index in [1.807, 2.05) is 0 Å². The predicted molar refractivity (Wildman–Crippen MR) is 90.4 cm³/mol. The minimum absolute atomic E-state index is 0.0894. The molecule has 23 heavy (non-hydrogen) atoms. The number of nitrogens with one attached hydrogen (secondary N) is 2. The molecule has 0 saturated carbocycles. The van der Waals surface area contributed by atoms with Gasteiger partial charge >= 0.3 is 5.97 Å². The average Bonchev–Trinajstić information content (AvgIpc) is 2.59. The van der Waals surface area contributed by atoms with Gasteiger partial charge in [0.2, 0.25) is 5.91 Å². The summed E-state index contributed by atoms with van der Waals surface area (Å²) in [6.07, 6.45) is 8.31. The first-order valence-corrected chi connectivity index (χ1v) is 8.06. The van der Waals surface area contributed by atoms with Crippen LogP contribution in [-0.2, 0) is 9.53 Å². The number of hydrogen-bond donors (Lipinski definition) is 2. The summed E-state index contributed by atoms with van der Waals surface area (Å²) in [5.41, 5.74) is 2.63. The monoisotopic (exact) mass is 316 g/mol. The van der Waals surface area contributed by atoms with Crippen molar-refractivity contribution in [1.82, 2.24) is 5.32 Å². The molecule has 2 N–H and O–H groups in total. The Morgan fingerprint density at radius 2 is 1.96 bits per heavy atom. The van der Waals surface area contributed by atoms with Crippen molar-refractivity contribution in [3.05, 3.63) is 41.5 Å². The molecule has 0 saturated heterocycles. The van der Waals surface area contributed by atoms with Crippen LogP contribution in [0.1, 0.15) is 42.5 Å². The maximum Gasteiger partial charge on any atom is 0.337 e. The summed E-state index contributed by atoms with van der Waals surface area (Å²) >= 11 is 0. The molecule has 5 heteroatoms. The number of ether oxygens (including phenoxy) is 1. The fourth-order valence-electron chi connectivity index (χ4n) is 2.60. The maximum absolute atomic E-state index is 11.9. The molecule has 0 spiro atoms. The first-order chi connectivity index (χ1) is 11.2. The van der Waals surface area contributed by atoms with Crippen molar-refractivity contribution in [2.24, 2.45) is 0 Å². The third-order valence-electron chi connectivity index (χ3n) is 3.88. The highest BCUT2D eigenvalue weighted by Crippen LogP contribution is 2.19. The van der Waals surface area contributed by atoms with Gasteiger partial charge in [-0.15, -0.1) is 0 Å². The molecule has 0 fully saturated rings. The average molecular weight is 316 g/mol. The molecule has 0 aromatic heterocycles. The molecule has 0 unspecified atom stereocenters. The Labute approximate surface area is 137 Å². The van der Waals surface area contributed by atoms with Crippen molar-refractivity contribution in [2.75, 3.05) is 25.5 Å². The van der Waals surface area contributed by atoms with Gasteiger partial charge in [-0.1, -0.05) is 11.6 Å². The van der Waals surface area contributed by atoms with Gasteiger partial charge in [0.15, 0.2) is 0 Å². The molecule has 5 nitrogen and oxygen atoms in total. The van der Waals surface area contributed by atoms with Crippen molar-refractivity contribution < 1.29 is 14.3 Å². The molecule has 0 heterocycles. The largest absolute Gasteiger partial charge is 0.465 e. The van der Waals surface area contributed by atoms with Crippen molar-refractivity contribution in [1.29, 1.82) is 0 Å². The number of amides is 1. The van der Waals surface area contributed by atoms with E-state index >= 15 is 0 Å². The predicted octanol–water partition coefficient (Wildman–Crippen LogP) is 2.89. The number of anilines is 1. The Morgan fingerprint density at radius 3 is 2.61 bits per heavy atom. The Balaban J connectivity index is 1.68. The molecular formula is C18H24N2O3. The Hall–Kier alpha value is -2.14. The van der Waals surface area contributed by atoms with Gasteiger partial charge in [0.1, 0.15) is 0 Å². The fourth-order valence-corrected chi connectivity index (χ4v) is 2.60.